The fourth-order valence-corrected chi connectivity index (χ4v) is 1.35. The molecule has 0 aliphatic carbocycles. The monoisotopic (exact) mass is 311 g/mol. The van der Waals surface area contributed by atoms with Gasteiger partial charge in [0.2, 0.25) is 0 Å². The zero-order valence-electron chi connectivity index (χ0n) is 13.6. The summed E-state index contributed by atoms with van der Waals surface area (Å²) in [6.45, 7) is 9.73. The molecular formula is C14H21N3O5. The molecule has 1 N–H and O–H groups in total. The lowest BCUT2D eigenvalue weighted by Crippen LogP contribution is -2.47. The number of carbonyl (C=O) groups excluding carboxylic acids is 3. The summed E-state index contributed by atoms with van der Waals surface area (Å²) in [7, 11) is 0. The average Bonchev–Trinajstić information content (AvgIpc) is 2.76. The number of nitrogens with one attached hydrogen (secondary N) is 1. The lowest BCUT2D eigenvalue weighted by atomic mass is 10.2. The van der Waals surface area contributed by atoms with Gasteiger partial charge in [-0.15, -0.1) is 4.90 Å². The Morgan fingerprint density at radius 1 is 1.00 bits per heavy atom. The van der Waals surface area contributed by atoms with E-state index >= 15 is 0 Å². The van der Waals surface area contributed by atoms with Crippen molar-refractivity contribution in [2.24, 2.45) is 0 Å². The maximum atomic E-state index is 12.3. The van der Waals surface area contributed by atoms with Crippen molar-refractivity contribution in [2.75, 3.05) is 0 Å². The second-order valence-electron chi connectivity index (χ2n) is 6.56. The van der Waals surface area contributed by atoms with Gasteiger partial charge in [-0.05, 0) is 47.6 Å². The number of ether oxygens (including phenoxy) is 2. The maximum Gasteiger partial charge on any atom is 0.427 e. The smallest absolute Gasteiger partial charge is 0.427 e. The highest BCUT2D eigenvalue weighted by atomic mass is 16.6. The van der Waals surface area contributed by atoms with E-state index < -0.39 is 29.3 Å². The molecule has 0 radical (unpaired) electrons. The molecule has 8 heteroatoms. The molecule has 122 valence electrons. The van der Waals surface area contributed by atoms with Crippen LogP contribution < -0.4 is 0 Å². The van der Waals surface area contributed by atoms with E-state index in [9.17, 15) is 14.4 Å². The van der Waals surface area contributed by atoms with Crippen molar-refractivity contribution in [3.63, 3.8) is 0 Å². The quantitative estimate of drug-likeness (QED) is 0.855. The second kappa shape index (κ2) is 6.17. The molecule has 22 heavy (non-hydrogen) atoms. The molecule has 1 aromatic heterocycles. The average molecular weight is 311 g/mol. The first-order valence-corrected chi connectivity index (χ1v) is 6.71. The fraction of sp³-hybridized carbons (Fsp3) is 0.571. The number of aromatic nitrogens is 2. The van der Waals surface area contributed by atoms with E-state index in [1.165, 1.54) is 12.3 Å². The number of rotatable bonds is 1. The summed E-state index contributed by atoms with van der Waals surface area (Å²) in [4.78, 5) is 36.9. The van der Waals surface area contributed by atoms with Gasteiger partial charge in [0.25, 0.3) is 5.91 Å². The minimum absolute atomic E-state index is 0.100. The highest BCUT2D eigenvalue weighted by molar-refractivity contribution is 6.12. The van der Waals surface area contributed by atoms with Gasteiger partial charge in [0.15, 0.2) is 5.69 Å². The molecule has 1 heterocycles. The van der Waals surface area contributed by atoms with Crippen molar-refractivity contribution in [1.29, 1.82) is 0 Å². The summed E-state index contributed by atoms with van der Waals surface area (Å²) in [5.41, 5.74) is -1.84. The third-order valence-electron chi connectivity index (χ3n) is 2.08. The van der Waals surface area contributed by atoms with E-state index in [-0.39, 0.29) is 5.69 Å². The van der Waals surface area contributed by atoms with Crippen molar-refractivity contribution in [3.8, 4) is 0 Å². The normalized spacial score (nSPS) is 11.7. The minimum atomic E-state index is -1.12. The number of hydrogen-bond donors (Lipinski definition) is 1. The zero-order chi connectivity index (χ0) is 17.1. The van der Waals surface area contributed by atoms with Gasteiger partial charge in [0, 0.05) is 6.20 Å². The molecule has 1 aromatic rings. The topological polar surface area (TPSA) is 102 Å². The third-order valence-corrected chi connectivity index (χ3v) is 2.08. The summed E-state index contributed by atoms with van der Waals surface area (Å²) in [6.07, 6.45) is -0.834. The van der Waals surface area contributed by atoms with Crippen LogP contribution in [0.3, 0.4) is 0 Å². The number of carbonyl (C=O) groups is 3. The van der Waals surface area contributed by atoms with Gasteiger partial charge in [-0.1, -0.05) is 0 Å². The van der Waals surface area contributed by atoms with Crippen LogP contribution >= 0.6 is 0 Å². The molecule has 0 bridgehead atoms. The third kappa shape index (κ3) is 5.19. The van der Waals surface area contributed by atoms with E-state index in [1.54, 1.807) is 41.5 Å². The molecule has 0 aliphatic rings. The molecule has 0 atom stereocenters. The number of H-pyrrole nitrogens is 1. The summed E-state index contributed by atoms with van der Waals surface area (Å²) in [5.74, 6) is -0.926. The van der Waals surface area contributed by atoms with Crippen molar-refractivity contribution < 1.29 is 23.9 Å². The Bertz CT molecular complexity index is 524. The van der Waals surface area contributed by atoms with Crippen LogP contribution in [0.2, 0.25) is 0 Å². The Labute approximate surface area is 128 Å². The summed E-state index contributed by atoms with van der Waals surface area (Å²) < 4.78 is 10.2. The summed E-state index contributed by atoms with van der Waals surface area (Å²) >= 11 is 0. The number of nitrogens with zero attached hydrogens (tertiary/aromatic N) is 2. The first kappa shape index (κ1) is 17.7. The Balaban J connectivity index is 3.07. The van der Waals surface area contributed by atoms with Gasteiger partial charge in [0.05, 0.1) is 0 Å². The molecule has 0 unspecified atom stereocenters. The van der Waals surface area contributed by atoms with Crippen molar-refractivity contribution in [2.45, 2.75) is 52.7 Å². The van der Waals surface area contributed by atoms with Crippen LogP contribution in [-0.2, 0) is 9.47 Å². The van der Waals surface area contributed by atoms with E-state index in [0.29, 0.717) is 4.90 Å². The highest BCUT2D eigenvalue weighted by Crippen LogP contribution is 2.16. The lowest BCUT2D eigenvalue weighted by Gasteiger charge is -2.27. The molecule has 0 aliphatic heterocycles. The molecule has 0 saturated heterocycles. The Hall–Kier alpha value is -2.38. The molecular weight excluding hydrogens is 290 g/mol. The van der Waals surface area contributed by atoms with E-state index in [0.717, 1.165) is 0 Å². The van der Waals surface area contributed by atoms with Crippen molar-refractivity contribution in [1.82, 2.24) is 15.1 Å². The number of aromatic amines is 1. The molecule has 8 nitrogen and oxygen atoms in total. The van der Waals surface area contributed by atoms with Crippen LogP contribution in [-0.4, -0.2) is 44.4 Å². The van der Waals surface area contributed by atoms with E-state index in [4.69, 9.17) is 9.47 Å². The number of hydrogen-bond acceptors (Lipinski definition) is 6. The number of imide groups is 3. The van der Waals surface area contributed by atoms with Crippen LogP contribution in [0.5, 0.6) is 0 Å². The SMILES string of the molecule is CC(C)(C)OC(=O)N(C(=O)OC(C)(C)C)C(=O)c1cc[nH]n1. The second-order valence-corrected chi connectivity index (χ2v) is 6.56. The minimum Gasteiger partial charge on any atom is -0.443 e. The van der Waals surface area contributed by atoms with Crippen LogP contribution in [0.15, 0.2) is 12.3 Å². The summed E-state index contributed by atoms with van der Waals surface area (Å²) in [5, 5.41) is 6.10. The van der Waals surface area contributed by atoms with Crippen molar-refractivity contribution in [3.05, 3.63) is 18.0 Å². The van der Waals surface area contributed by atoms with Gasteiger partial charge >= 0.3 is 12.2 Å². The molecule has 3 amide bonds. The molecule has 0 spiro atoms. The first-order valence-electron chi connectivity index (χ1n) is 6.71. The first-order chi connectivity index (χ1) is 9.91. The van der Waals surface area contributed by atoms with Crippen LogP contribution in [0.4, 0.5) is 9.59 Å². The maximum absolute atomic E-state index is 12.3. The molecule has 0 fully saturated rings. The summed E-state index contributed by atoms with van der Waals surface area (Å²) in [6, 6.07) is 1.34. The standard InChI is InChI=1S/C14H21N3O5/c1-13(2,3)21-11(19)17(12(20)22-14(4,5)6)10(18)9-7-8-15-16-9/h7-8H,1-6H3,(H,15,16). The van der Waals surface area contributed by atoms with Gasteiger partial charge in [-0.3, -0.25) is 9.89 Å². The molecule has 0 saturated carbocycles. The van der Waals surface area contributed by atoms with Gasteiger partial charge in [-0.25, -0.2) is 9.59 Å². The van der Waals surface area contributed by atoms with E-state index in [2.05, 4.69) is 10.2 Å². The van der Waals surface area contributed by atoms with Crippen molar-refractivity contribution >= 4 is 18.1 Å². The lowest BCUT2D eigenvalue weighted by molar-refractivity contribution is 0.00383. The molecule has 0 aromatic carbocycles. The predicted molar refractivity (Wildman–Crippen MR) is 77.2 cm³/mol. The van der Waals surface area contributed by atoms with Crippen LogP contribution in [0, 0.1) is 0 Å². The highest BCUT2D eigenvalue weighted by Gasteiger charge is 2.37. The van der Waals surface area contributed by atoms with Gasteiger partial charge in [-0.2, -0.15) is 5.10 Å². The van der Waals surface area contributed by atoms with Crippen LogP contribution in [0.25, 0.3) is 0 Å². The molecule has 1 rings (SSSR count). The fourth-order valence-electron chi connectivity index (χ4n) is 1.35. The number of amides is 3. The zero-order valence-corrected chi connectivity index (χ0v) is 13.6. The Morgan fingerprint density at radius 3 is 1.77 bits per heavy atom. The Kier molecular flexibility index (Phi) is 4.95. The largest absolute Gasteiger partial charge is 0.443 e. The van der Waals surface area contributed by atoms with Crippen LogP contribution in [0.1, 0.15) is 52.0 Å². The van der Waals surface area contributed by atoms with Gasteiger partial charge in [0.1, 0.15) is 11.2 Å². The van der Waals surface area contributed by atoms with E-state index in [1.807, 2.05) is 0 Å². The Morgan fingerprint density at radius 2 is 1.45 bits per heavy atom. The van der Waals surface area contributed by atoms with Gasteiger partial charge < -0.3 is 9.47 Å². The predicted octanol–water partition coefficient (Wildman–Crippen LogP) is 2.72.